The van der Waals surface area contributed by atoms with Gasteiger partial charge in [-0.25, -0.2) is 8.78 Å². The van der Waals surface area contributed by atoms with E-state index >= 15 is 4.39 Å². The highest BCUT2D eigenvalue weighted by Crippen LogP contribution is 2.41. The van der Waals surface area contributed by atoms with Gasteiger partial charge in [0.1, 0.15) is 29.8 Å². The Morgan fingerprint density at radius 3 is 2.90 bits per heavy atom. The molecule has 0 radical (unpaired) electrons. The van der Waals surface area contributed by atoms with Crippen molar-refractivity contribution in [2.45, 2.75) is 43.4 Å². The topological polar surface area (TPSA) is 90.2 Å². The lowest BCUT2D eigenvalue weighted by molar-refractivity contribution is 0.107. The number of nitrogens with one attached hydrogen (secondary N) is 1. The Labute approximate surface area is 237 Å². The first-order valence-electron chi connectivity index (χ1n) is 14.2. The highest BCUT2D eigenvalue weighted by Gasteiger charge is 2.49. The van der Waals surface area contributed by atoms with Crippen LogP contribution in [0.5, 0.6) is 6.01 Å². The SMILES string of the molecule is CN(c1nc(OC[C@@]23CCCN2CC(F)C3)nc2c(F)c(-c3cccc4cccc(C#N)c34)ncc12)C1CCNC1. The van der Waals surface area contributed by atoms with Crippen LogP contribution in [-0.4, -0.2) is 77.4 Å². The predicted octanol–water partition coefficient (Wildman–Crippen LogP) is 4.61. The van der Waals surface area contributed by atoms with Crippen LogP contribution in [0.4, 0.5) is 14.6 Å². The minimum Gasteiger partial charge on any atom is -0.461 e. The molecule has 3 aliphatic heterocycles. The molecule has 1 N–H and O–H groups in total. The lowest BCUT2D eigenvalue weighted by atomic mass is 9.95. The van der Waals surface area contributed by atoms with E-state index < -0.39 is 12.0 Å². The van der Waals surface area contributed by atoms with Gasteiger partial charge in [-0.05, 0) is 43.8 Å². The van der Waals surface area contributed by atoms with Crippen LogP contribution >= 0.6 is 0 Å². The summed E-state index contributed by atoms with van der Waals surface area (Å²) in [4.78, 5) is 18.1. The molecule has 0 bridgehead atoms. The van der Waals surface area contributed by atoms with E-state index in [0.29, 0.717) is 40.7 Å². The molecule has 3 fully saturated rings. The van der Waals surface area contributed by atoms with Gasteiger partial charge in [-0.15, -0.1) is 0 Å². The summed E-state index contributed by atoms with van der Waals surface area (Å²) >= 11 is 0. The summed E-state index contributed by atoms with van der Waals surface area (Å²) in [6.45, 7) is 3.20. The van der Waals surface area contributed by atoms with Crippen LogP contribution in [0.15, 0.2) is 42.6 Å². The van der Waals surface area contributed by atoms with Gasteiger partial charge in [-0.2, -0.15) is 15.2 Å². The molecule has 8 nitrogen and oxygen atoms in total. The highest BCUT2D eigenvalue weighted by molar-refractivity contribution is 6.01. The predicted molar refractivity (Wildman–Crippen MR) is 153 cm³/mol. The lowest BCUT2D eigenvalue weighted by Crippen LogP contribution is -2.43. The van der Waals surface area contributed by atoms with Crippen molar-refractivity contribution in [2.24, 2.45) is 0 Å². The van der Waals surface area contributed by atoms with Gasteiger partial charge in [-0.1, -0.05) is 30.3 Å². The summed E-state index contributed by atoms with van der Waals surface area (Å²) in [7, 11) is 1.95. The molecule has 3 aliphatic rings. The number of aromatic nitrogens is 3. The van der Waals surface area contributed by atoms with Gasteiger partial charge >= 0.3 is 6.01 Å². The number of alkyl halides is 1. The van der Waals surface area contributed by atoms with Crippen LogP contribution in [0.3, 0.4) is 0 Å². The molecule has 4 aromatic rings. The number of hydrogen-bond acceptors (Lipinski definition) is 8. The van der Waals surface area contributed by atoms with Crippen molar-refractivity contribution in [1.29, 1.82) is 5.26 Å². The normalized spacial score (nSPS) is 24.1. The van der Waals surface area contributed by atoms with Gasteiger partial charge in [0.15, 0.2) is 5.82 Å². The molecule has 5 heterocycles. The summed E-state index contributed by atoms with van der Waals surface area (Å²) in [6.07, 6.45) is 3.93. The Morgan fingerprint density at radius 1 is 1.24 bits per heavy atom. The molecule has 41 heavy (non-hydrogen) atoms. The molecule has 0 amide bonds. The Bertz CT molecular complexity index is 1680. The summed E-state index contributed by atoms with van der Waals surface area (Å²) in [6, 6.07) is 13.4. The van der Waals surface area contributed by atoms with E-state index in [1.165, 1.54) is 0 Å². The highest BCUT2D eigenvalue weighted by atomic mass is 19.1. The van der Waals surface area contributed by atoms with Crippen molar-refractivity contribution in [3.05, 3.63) is 54.0 Å². The molecule has 2 aromatic heterocycles. The molecule has 7 rings (SSSR count). The first-order chi connectivity index (χ1) is 20.0. The summed E-state index contributed by atoms with van der Waals surface area (Å²) in [5, 5.41) is 15.1. The van der Waals surface area contributed by atoms with E-state index in [0.717, 1.165) is 44.3 Å². The Kier molecular flexibility index (Phi) is 6.44. The fourth-order valence-corrected chi connectivity index (χ4v) is 6.96. The van der Waals surface area contributed by atoms with Gasteiger partial charge < -0.3 is 15.0 Å². The fourth-order valence-electron chi connectivity index (χ4n) is 6.96. The van der Waals surface area contributed by atoms with E-state index in [-0.39, 0.29) is 35.4 Å². The third-order valence-corrected chi connectivity index (χ3v) is 9.07. The number of nitriles is 1. The van der Waals surface area contributed by atoms with Crippen LogP contribution in [0.2, 0.25) is 0 Å². The smallest absolute Gasteiger partial charge is 0.319 e. The largest absolute Gasteiger partial charge is 0.461 e. The maximum atomic E-state index is 16.5. The zero-order valence-corrected chi connectivity index (χ0v) is 22.9. The van der Waals surface area contributed by atoms with Gasteiger partial charge in [0.2, 0.25) is 0 Å². The van der Waals surface area contributed by atoms with Gasteiger partial charge in [0.05, 0.1) is 22.6 Å². The second kappa shape index (κ2) is 10.2. The van der Waals surface area contributed by atoms with Crippen LogP contribution in [0, 0.1) is 17.1 Å². The molecule has 3 atom stereocenters. The Morgan fingerprint density at radius 2 is 2.10 bits per heavy atom. The van der Waals surface area contributed by atoms with E-state index in [2.05, 4.69) is 26.3 Å². The second-order valence-corrected chi connectivity index (χ2v) is 11.5. The molecule has 0 saturated carbocycles. The van der Waals surface area contributed by atoms with Crippen molar-refractivity contribution in [3.63, 3.8) is 0 Å². The van der Waals surface area contributed by atoms with E-state index in [9.17, 15) is 9.65 Å². The Balaban J connectivity index is 1.35. The fraction of sp³-hybridized carbons (Fsp3) is 0.419. The third-order valence-electron chi connectivity index (χ3n) is 9.07. The average Bonchev–Trinajstić information content (AvgIpc) is 3.72. The molecule has 3 saturated heterocycles. The third kappa shape index (κ3) is 4.35. The summed E-state index contributed by atoms with van der Waals surface area (Å²) in [5.74, 6) is -0.0533. The number of likely N-dealkylation sites (N-methyl/N-ethyl adjacent to an activating group) is 1. The zero-order valence-electron chi connectivity index (χ0n) is 22.9. The zero-order chi connectivity index (χ0) is 28.1. The molecule has 210 valence electrons. The number of anilines is 1. The second-order valence-electron chi connectivity index (χ2n) is 11.5. The van der Waals surface area contributed by atoms with E-state index in [1.807, 2.05) is 36.2 Å². The Hall–Kier alpha value is -3.94. The first kappa shape index (κ1) is 26.0. The van der Waals surface area contributed by atoms with Crippen LogP contribution in [-0.2, 0) is 0 Å². The number of rotatable bonds is 6. The van der Waals surface area contributed by atoms with Crippen LogP contribution in [0.25, 0.3) is 32.9 Å². The number of nitrogens with zero attached hydrogens (tertiary/aromatic N) is 6. The lowest BCUT2D eigenvalue weighted by Gasteiger charge is -2.31. The standard InChI is InChI=1S/C31H31F2N7O/c1-39(22-9-11-35-15-22)29-24-16-36-27(23-8-3-6-19-5-2-7-20(14-34)25(19)23)26(33)28(24)37-30(38-29)41-18-31-10-4-12-40(31)17-21(32)13-31/h2-3,5-8,16,21-22,35H,4,9-13,15,17-18H2,1H3/t21?,22?,31-/m0/s1. The van der Waals surface area contributed by atoms with Gasteiger partial charge in [0.25, 0.3) is 0 Å². The monoisotopic (exact) mass is 555 g/mol. The number of pyridine rings is 1. The minimum absolute atomic E-state index is 0.0699. The van der Waals surface area contributed by atoms with Crippen LogP contribution < -0.4 is 15.0 Å². The molecule has 0 spiro atoms. The number of ether oxygens (including phenoxy) is 1. The molecular formula is C31H31F2N7O. The summed E-state index contributed by atoms with van der Waals surface area (Å²) < 4.78 is 37.1. The van der Waals surface area contributed by atoms with Gasteiger partial charge in [0, 0.05) is 49.7 Å². The van der Waals surface area contributed by atoms with Crippen molar-refractivity contribution in [3.8, 4) is 23.3 Å². The van der Waals surface area contributed by atoms with Crippen molar-refractivity contribution in [2.75, 3.05) is 44.7 Å². The number of benzene rings is 2. The quantitative estimate of drug-likeness (QED) is 0.369. The van der Waals surface area contributed by atoms with E-state index in [1.54, 1.807) is 18.3 Å². The van der Waals surface area contributed by atoms with Gasteiger partial charge in [-0.3, -0.25) is 9.88 Å². The first-order valence-corrected chi connectivity index (χ1v) is 14.2. The molecule has 10 heteroatoms. The molecule has 2 aromatic carbocycles. The molecule has 0 aliphatic carbocycles. The minimum atomic E-state index is -0.877. The van der Waals surface area contributed by atoms with Crippen molar-refractivity contribution in [1.82, 2.24) is 25.2 Å². The molecule has 2 unspecified atom stereocenters. The van der Waals surface area contributed by atoms with E-state index in [4.69, 9.17) is 9.72 Å². The van der Waals surface area contributed by atoms with Crippen LogP contribution in [0.1, 0.15) is 31.2 Å². The number of hydrogen-bond donors (Lipinski definition) is 1. The van der Waals surface area contributed by atoms with Crippen molar-refractivity contribution >= 4 is 27.5 Å². The summed E-state index contributed by atoms with van der Waals surface area (Å²) in [5.41, 5.74) is 0.814. The van der Waals surface area contributed by atoms with Crippen molar-refractivity contribution < 1.29 is 13.5 Å². The average molecular weight is 556 g/mol. The maximum absolute atomic E-state index is 16.5. The molecular weight excluding hydrogens is 524 g/mol. The maximum Gasteiger partial charge on any atom is 0.319 e. The number of halogens is 2. The number of fused-ring (bicyclic) bond motifs is 3.